The summed E-state index contributed by atoms with van der Waals surface area (Å²) in [6.45, 7) is 1.93. The molecule has 1 fully saturated rings. The van der Waals surface area contributed by atoms with Gasteiger partial charge in [-0.1, -0.05) is 42.3 Å². The summed E-state index contributed by atoms with van der Waals surface area (Å²) in [5, 5.41) is 3.12. The fraction of sp³-hybridized carbons (Fsp3) is 0.310. The zero-order valence-electron chi connectivity index (χ0n) is 20.9. The van der Waals surface area contributed by atoms with Crippen molar-refractivity contribution in [1.29, 1.82) is 0 Å². The number of aromatic nitrogens is 2. The molecule has 0 bridgehead atoms. The summed E-state index contributed by atoms with van der Waals surface area (Å²) >= 11 is 6.55. The van der Waals surface area contributed by atoms with Crippen LogP contribution < -0.4 is 5.32 Å². The summed E-state index contributed by atoms with van der Waals surface area (Å²) < 4.78 is 54.6. The third-order valence-corrected chi connectivity index (χ3v) is 7.75. The number of carbonyl (C=O) groups excluding carboxylic acids is 1. The number of fused-ring (bicyclic) bond motifs is 1. The Bertz CT molecular complexity index is 1510. The van der Waals surface area contributed by atoms with Crippen molar-refractivity contribution in [3.05, 3.63) is 82.4 Å². The summed E-state index contributed by atoms with van der Waals surface area (Å²) in [5.74, 6) is -0.806. The first-order chi connectivity index (χ1) is 18.0. The first-order valence-corrected chi connectivity index (χ1v) is 12.8. The SMILES string of the molecule is Cc1nc2cc(-c3ccc(C4CCCC(C(=O)Nc5ccc(C(F)(F)F)cc5F)C4)cc3)cc(Cl)c2n1C. The molecule has 1 aromatic heterocycles. The molecule has 198 valence electrons. The van der Waals surface area contributed by atoms with Gasteiger partial charge >= 0.3 is 6.18 Å². The van der Waals surface area contributed by atoms with E-state index in [-0.39, 0.29) is 23.4 Å². The molecule has 38 heavy (non-hydrogen) atoms. The lowest BCUT2D eigenvalue weighted by Crippen LogP contribution is -2.28. The second kappa shape index (κ2) is 10.1. The number of carbonyl (C=O) groups is 1. The zero-order chi connectivity index (χ0) is 27.2. The number of rotatable bonds is 4. The number of benzene rings is 3. The average Bonchev–Trinajstić information content (AvgIpc) is 3.18. The van der Waals surface area contributed by atoms with Gasteiger partial charge in [-0.3, -0.25) is 4.79 Å². The molecule has 1 aliphatic carbocycles. The van der Waals surface area contributed by atoms with Gasteiger partial charge in [0.15, 0.2) is 0 Å². The second-order valence-electron chi connectivity index (χ2n) is 9.91. The maximum absolute atomic E-state index is 14.2. The number of imidazole rings is 1. The third-order valence-electron chi connectivity index (χ3n) is 7.46. The molecule has 1 saturated carbocycles. The van der Waals surface area contributed by atoms with Gasteiger partial charge in [-0.15, -0.1) is 0 Å². The smallest absolute Gasteiger partial charge is 0.330 e. The second-order valence-corrected chi connectivity index (χ2v) is 10.3. The van der Waals surface area contributed by atoms with Crippen LogP contribution in [0.4, 0.5) is 23.2 Å². The minimum atomic E-state index is -4.65. The lowest BCUT2D eigenvalue weighted by Gasteiger charge is -2.29. The Kier molecular flexibility index (Phi) is 6.94. The number of anilines is 1. The van der Waals surface area contributed by atoms with E-state index < -0.39 is 17.6 Å². The van der Waals surface area contributed by atoms with Gasteiger partial charge in [0.2, 0.25) is 5.91 Å². The van der Waals surface area contributed by atoms with Gasteiger partial charge in [0, 0.05) is 13.0 Å². The monoisotopic (exact) mass is 543 g/mol. The van der Waals surface area contributed by atoms with Crippen LogP contribution in [-0.4, -0.2) is 15.5 Å². The average molecular weight is 544 g/mol. The third kappa shape index (κ3) is 5.14. The first kappa shape index (κ1) is 26.2. The molecule has 0 saturated heterocycles. The number of hydrogen-bond acceptors (Lipinski definition) is 2. The molecule has 2 atom stereocenters. The lowest BCUT2D eigenvalue weighted by atomic mass is 9.77. The Balaban J connectivity index is 1.28. The van der Waals surface area contributed by atoms with Crippen molar-refractivity contribution in [3.8, 4) is 11.1 Å². The normalized spacial score (nSPS) is 18.1. The summed E-state index contributed by atoms with van der Waals surface area (Å²) in [6, 6.07) is 14.3. The van der Waals surface area contributed by atoms with E-state index in [0.29, 0.717) is 23.9 Å². The van der Waals surface area contributed by atoms with Crippen LogP contribution in [0, 0.1) is 18.7 Å². The standard InChI is InChI=1S/C29H26ClF4N3O/c1-16-35-26-14-21(13-23(30)27(26)37(16)2)18-8-6-17(7-9-18)19-4-3-5-20(12-19)28(38)36-25-11-10-22(15-24(25)31)29(32,33)34/h6-11,13-15,19-20H,3-5,12H2,1-2H3,(H,36,38). The van der Waals surface area contributed by atoms with Crippen LogP contribution in [0.25, 0.3) is 22.2 Å². The zero-order valence-corrected chi connectivity index (χ0v) is 21.6. The molecule has 0 radical (unpaired) electrons. The molecule has 1 amide bonds. The molecule has 4 aromatic rings. The molecule has 1 aliphatic rings. The van der Waals surface area contributed by atoms with Crippen LogP contribution in [-0.2, 0) is 18.0 Å². The van der Waals surface area contributed by atoms with E-state index in [9.17, 15) is 22.4 Å². The number of halogens is 5. The van der Waals surface area contributed by atoms with Crippen LogP contribution in [0.15, 0.2) is 54.6 Å². The fourth-order valence-electron chi connectivity index (χ4n) is 5.29. The summed E-state index contributed by atoms with van der Waals surface area (Å²) in [6.07, 6.45) is -1.68. The van der Waals surface area contributed by atoms with Crippen molar-refractivity contribution in [2.45, 2.75) is 44.7 Å². The number of aryl methyl sites for hydroxylation is 2. The van der Waals surface area contributed by atoms with Crippen molar-refractivity contribution in [3.63, 3.8) is 0 Å². The maximum atomic E-state index is 14.2. The molecule has 0 spiro atoms. The van der Waals surface area contributed by atoms with Crippen molar-refractivity contribution in [1.82, 2.24) is 9.55 Å². The Morgan fingerprint density at radius 3 is 2.47 bits per heavy atom. The molecule has 0 aliphatic heterocycles. The highest BCUT2D eigenvalue weighted by Gasteiger charge is 2.32. The van der Waals surface area contributed by atoms with Gasteiger partial charge in [-0.05, 0) is 79.1 Å². The highest BCUT2D eigenvalue weighted by atomic mass is 35.5. The highest BCUT2D eigenvalue weighted by molar-refractivity contribution is 6.35. The van der Waals surface area contributed by atoms with Crippen molar-refractivity contribution < 1.29 is 22.4 Å². The van der Waals surface area contributed by atoms with Gasteiger partial charge < -0.3 is 9.88 Å². The van der Waals surface area contributed by atoms with Crippen molar-refractivity contribution in [2.24, 2.45) is 13.0 Å². The summed E-state index contributed by atoms with van der Waals surface area (Å²) in [5.41, 5.74) is 3.47. The Morgan fingerprint density at radius 2 is 1.79 bits per heavy atom. The van der Waals surface area contributed by atoms with Gasteiger partial charge in [0.05, 0.1) is 27.3 Å². The largest absolute Gasteiger partial charge is 0.416 e. The molecule has 1 heterocycles. The Hall–Kier alpha value is -3.39. The van der Waals surface area contributed by atoms with E-state index in [1.54, 1.807) is 0 Å². The van der Waals surface area contributed by atoms with Crippen LogP contribution in [0.3, 0.4) is 0 Å². The number of nitrogens with one attached hydrogen (secondary N) is 1. The molecule has 9 heteroatoms. The predicted octanol–water partition coefficient (Wildman–Crippen LogP) is 8.27. The molecule has 3 aromatic carbocycles. The molecule has 2 unspecified atom stereocenters. The van der Waals surface area contributed by atoms with Gasteiger partial charge in [-0.2, -0.15) is 13.2 Å². The van der Waals surface area contributed by atoms with E-state index in [1.165, 1.54) is 0 Å². The van der Waals surface area contributed by atoms with Crippen LogP contribution >= 0.6 is 11.6 Å². The molecular weight excluding hydrogens is 518 g/mol. The number of alkyl halides is 3. The lowest BCUT2D eigenvalue weighted by molar-refractivity contribution is -0.137. The number of amides is 1. The van der Waals surface area contributed by atoms with Crippen molar-refractivity contribution in [2.75, 3.05) is 5.32 Å². The quantitative estimate of drug-likeness (QED) is 0.263. The van der Waals surface area contributed by atoms with Gasteiger partial charge in [0.1, 0.15) is 11.6 Å². The highest BCUT2D eigenvalue weighted by Crippen LogP contribution is 2.38. The maximum Gasteiger partial charge on any atom is 0.416 e. The van der Waals surface area contributed by atoms with Gasteiger partial charge in [0.25, 0.3) is 0 Å². The van der Waals surface area contributed by atoms with E-state index in [1.807, 2.05) is 42.8 Å². The fourth-order valence-corrected chi connectivity index (χ4v) is 5.63. The summed E-state index contributed by atoms with van der Waals surface area (Å²) in [4.78, 5) is 17.5. The van der Waals surface area contributed by atoms with Crippen LogP contribution in [0.1, 0.15) is 48.6 Å². The predicted molar refractivity (Wildman–Crippen MR) is 141 cm³/mol. The molecular formula is C29H26ClF4N3O. The number of hydrogen-bond donors (Lipinski definition) is 1. The Labute approximate surface area is 222 Å². The first-order valence-electron chi connectivity index (χ1n) is 12.4. The van der Waals surface area contributed by atoms with Crippen molar-refractivity contribution >= 4 is 34.2 Å². The van der Waals surface area contributed by atoms with Crippen LogP contribution in [0.2, 0.25) is 5.02 Å². The summed E-state index contributed by atoms with van der Waals surface area (Å²) in [7, 11) is 1.93. The molecule has 1 N–H and O–H groups in total. The van der Waals surface area contributed by atoms with E-state index >= 15 is 0 Å². The van der Waals surface area contributed by atoms with E-state index in [2.05, 4.69) is 22.4 Å². The van der Waals surface area contributed by atoms with E-state index in [4.69, 9.17) is 11.6 Å². The molecule has 5 rings (SSSR count). The van der Waals surface area contributed by atoms with Gasteiger partial charge in [-0.25, -0.2) is 9.37 Å². The molecule has 4 nitrogen and oxygen atoms in total. The minimum absolute atomic E-state index is 0.149. The topological polar surface area (TPSA) is 46.9 Å². The minimum Gasteiger partial charge on any atom is -0.330 e. The van der Waals surface area contributed by atoms with E-state index in [0.717, 1.165) is 58.5 Å². The number of nitrogens with zero attached hydrogens (tertiary/aromatic N) is 2. The van der Waals surface area contributed by atoms with Crippen LogP contribution in [0.5, 0.6) is 0 Å². The Morgan fingerprint density at radius 1 is 1.05 bits per heavy atom.